The number of carbonyl (C=O) groups excluding carboxylic acids is 1. The number of halogens is 2. The van der Waals surface area contributed by atoms with Gasteiger partial charge in [0.2, 0.25) is 0 Å². The summed E-state index contributed by atoms with van der Waals surface area (Å²) in [6, 6.07) is 25.1. The van der Waals surface area contributed by atoms with Crippen molar-refractivity contribution in [1.29, 1.82) is 0 Å². The normalized spacial score (nSPS) is 12.1. The predicted molar refractivity (Wildman–Crippen MR) is 140 cm³/mol. The number of aromatic amines is 1. The van der Waals surface area contributed by atoms with Crippen molar-refractivity contribution < 1.29 is 4.79 Å². The van der Waals surface area contributed by atoms with Crippen LogP contribution in [0, 0.1) is 0 Å². The van der Waals surface area contributed by atoms with Crippen LogP contribution in [0.1, 0.15) is 27.9 Å². The van der Waals surface area contributed by atoms with E-state index >= 15 is 0 Å². The number of imidazole rings is 1. The Morgan fingerprint density at radius 3 is 2.56 bits per heavy atom. The average molecular weight is 534 g/mol. The van der Waals surface area contributed by atoms with Crippen LogP contribution in [0.25, 0.3) is 22.2 Å². The van der Waals surface area contributed by atoms with E-state index in [1.807, 2.05) is 96.7 Å². The zero-order valence-electron chi connectivity index (χ0n) is 18.4. The maximum atomic E-state index is 13.3. The summed E-state index contributed by atoms with van der Waals surface area (Å²) in [5, 5.41) is 4.87. The van der Waals surface area contributed by atoms with E-state index in [2.05, 4.69) is 26.2 Å². The maximum absolute atomic E-state index is 13.3. The van der Waals surface area contributed by atoms with Crippen LogP contribution < -0.4 is 5.32 Å². The number of carbonyl (C=O) groups is 1. The predicted octanol–water partition coefficient (Wildman–Crippen LogP) is 6.70. The first-order chi connectivity index (χ1) is 16.5. The lowest BCUT2D eigenvalue weighted by Gasteiger charge is -2.19. The highest BCUT2D eigenvalue weighted by atomic mass is 79.9. The van der Waals surface area contributed by atoms with Gasteiger partial charge in [0.15, 0.2) is 0 Å². The number of nitrogens with one attached hydrogen (secondary N) is 2. The number of aromatic nitrogens is 3. The number of benzene rings is 3. The molecule has 0 radical (unpaired) electrons. The molecule has 0 aliphatic carbocycles. The number of amides is 1. The highest BCUT2D eigenvalue weighted by Gasteiger charge is 2.23. The van der Waals surface area contributed by atoms with Gasteiger partial charge in [0, 0.05) is 27.4 Å². The van der Waals surface area contributed by atoms with Crippen molar-refractivity contribution in [3.05, 3.63) is 112 Å². The van der Waals surface area contributed by atoms with Crippen molar-refractivity contribution in [2.24, 2.45) is 7.05 Å². The molecule has 0 saturated heterocycles. The minimum atomic E-state index is -0.339. The third-order valence-electron chi connectivity index (χ3n) is 5.91. The quantitative estimate of drug-likeness (QED) is 0.255. The maximum Gasteiger partial charge on any atom is 0.268 e. The lowest BCUT2D eigenvalue weighted by atomic mass is 10.0. The number of hydrogen-bond donors (Lipinski definition) is 2. The number of fused-ring (bicyclic) bond motifs is 1. The van der Waals surface area contributed by atoms with Crippen molar-refractivity contribution in [2.75, 3.05) is 0 Å². The molecule has 5 nitrogen and oxygen atoms in total. The van der Waals surface area contributed by atoms with Crippen molar-refractivity contribution in [3.8, 4) is 11.3 Å². The van der Waals surface area contributed by atoms with Gasteiger partial charge in [-0.1, -0.05) is 70.0 Å². The molecule has 5 aromatic rings. The van der Waals surface area contributed by atoms with Crippen LogP contribution in [0.3, 0.4) is 0 Å². The highest BCUT2D eigenvalue weighted by Crippen LogP contribution is 2.27. The molecular formula is C27H22BrClN4O. The SMILES string of the molecule is Cn1c(-c2ccc(Br)cc2)cnc1C(Cc1ccc(Cl)cc1)NC(=O)c1cc2ccccc2[nH]1. The van der Waals surface area contributed by atoms with Crippen LogP contribution >= 0.6 is 27.5 Å². The summed E-state index contributed by atoms with van der Waals surface area (Å²) < 4.78 is 3.06. The third kappa shape index (κ3) is 4.65. The summed E-state index contributed by atoms with van der Waals surface area (Å²) in [6.07, 6.45) is 2.43. The van der Waals surface area contributed by atoms with Gasteiger partial charge in [0.05, 0.1) is 17.9 Å². The number of rotatable bonds is 6. The Balaban J connectivity index is 1.48. The van der Waals surface area contributed by atoms with Crippen molar-refractivity contribution in [2.45, 2.75) is 12.5 Å². The molecule has 2 N–H and O–H groups in total. The molecule has 0 aliphatic rings. The molecule has 0 spiro atoms. The van der Waals surface area contributed by atoms with Crippen molar-refractivity contribution in [1.82, 2.24) is 19.9 Å². The van der Waals surface area contributed by atoms with Gasteiger partial charge >= 0.3 is 0 Å². The van der Waals surface area contributed by atoms with Crippen LogP contribution in [0.4, 0.5) is 0 Å². The summed E-state index contributed by atoms with van der Waals surface area (Å²) in [7, 11) is 1.98. The molecule has 34 heavy (non-hydrogen) atoms. The van der Waals surface area contributed by atoms with E-state index in [1.54, 1.807) is 0 Å². The zero-order valence-corrected chi connectivity index (χ0v) is 20.8. The Labute approximate surface area is 210 Å². The van der Waals surface area contributed by atoms with E-state index < -0.39 is 0 Å². The summed E-state index contributed by atoms with van der Waals surface area (Å²) in [4.78, 5) is 21.2. The molecule has 0 fully saturated rings. The number of hydrogen-bond acceptors (Lipinski definition) is 2. The first-order valence-corrected chi connectivity index (χ1v) is 12.1. The van der Waals surface area contributed by atoms with E-state index in [4.69, 9.17) is 16.6 Å². The molecule has 0 aliphatic heterocycles. The fourth-order valence-corrected chi connectivity index (χ4v) is 4.52. The Bertz CT molecular complexity index is 1420. The summed E-state index contributed by atoms with van der Waals surface area (Å²) in [6.45, 7) is 0. The second-order valence-electron chi connectivity index (χ2n) is 8.19. The summed E-state index contributed by atoms with van der Waals surface area (Å²) >= 11 is 9.57. The molecule has 1 unspecified atom stereocenters. The Morgan fingerprint density at radius 1 is 1.09 bits per heavy atom. The number of nitrogens with zero attached hydrogens (tertiary/aromatic N) is 2. The first kappa shape index (κ1) is 22.4. The van der Waals surface area contributed by atoms with Crippen molar-refractivity contribution >= 4 is 44.3 Å². The molecule has 0 saturated carbocycles. The van der Waals surface area contributed by atoms with Crippen molar-refractivity contribution in [3.63, 3.8) is 0 Å². The van der Waals surface area contributed by atoms with Gasteiger partial charge in [-0.25, -0.2) is 4.98 Å². The fraction of sp³-hybridized carbons (Fsp3) is 0.111. The molecule has 2 aromatic heterocycles. The molecule has 170 valence electrons. The molecule has 2 heterocycles. The molecule has 7 heteroatoms. The lowest BCUT2D eigenvalue weighted by Crippen LogP contribution is -2.32. The monoisotopic (exact) mass is 532 g/mol. The molecular weight excluding hydrogens is 512 g/mol. The van der Waals surface area contributed by atoms with Gasteiger partial charge < -0.3 is 14.9 Å². The van der Waals surface area contributed by atoms with Crippen LogP contribution in [0.15, 0.2) is 89.5 Å². The second kappa shape index (κ2) is 9.49. The van der Waals surface area contributed by atoms with Gasteiger partial charge in [-0.3, -0.25) is 4.79 Å². The zero-order chi connectivity index (χ0) is 23.7. The second-order valence-corrected chi connectivity index (χ2v) is 9.55. The molecule has 3 aromatic carbocycles. The van der Waals surface area contributed by atoms with Gasteiger partial charge in [-0.05, 0) is 53.9 Å². The molecule has 1 atom stereocenters. The highest BCUT2D eigenvalue weighted by molar-refractivity contribution is 9.10. The van der Waals surface area contributed by atoms with Gasteiger partial charge in [-0.2, -0.15) is 0 Å². The number of para-hydroxylation sites is 1. The van der Waals surface area contributed by atoms with E-state index in [0.717, 1.165) is 38.0 Å². The van der Waals surface area contributed by atoms with E-state index in [1.165, 1.54) is 0 Å². The first-order valence-electron chi connectivity index (χ1n) is 10.9. The largest absolute Gasteiger partial charge is 0.351 e. The smallest absolute Gasteiger partial charge is 0.268 e. The molecule has 5 rings (SSSR count). The minimum Gasteiger partial charge on any atom is -0.351 e. The topological polar surface area (TPSA) is 62.7 Å². The Morgan fingerprint density at radius 2 is 1.82 bits per heavy atom. The molecule has 1 amide bonds. The Kier molecular flexibility index (Phi) is 6.26. The average Bonchev–Trinajstić information content (AvgIpc) is 3.44. The summed E-state index contributed by atoms with van der Waals surface area (Å²) in [5.74, 6) is 0.598. The lowest BCUT2D eigenvalue weighted by molar-refractivity contribution is 0.0930. The number of H-pyrrole nitrogens is 1. The minimum absolute atomic E-state index is 0.177. The molecule has 0 bridgehead atoms. The van der Waals surface area contributed by atoms with Crippen LogP contribution in [-0.4, -0.2) is 20.4 Å². The third-order valence-corrected chi connectivity index (χ3v) is 6.69. The van der Waals surface area contributed by atoms with Crippen LogP contribution in [0.2, 0.25) is 5.02 Å². The standard InChI is InChI=1S/C27H22BrClN4O/c1-33-25(18-8-10-20(28)11-9-18)16-30-26(33)23(14-17-6-12-21(29)13-7-17)32-27(34)24-15-19-4-2-3-5-22(19)31-24/h2-13,15-16,23,31H,14H2,1H3,(H,32,34). The Hall–Kier alpha value is -3.35. The van der Waals surface area contributed by atoms with Gasteiger partial charge in [0.25, 0.3) is 5.91 Å². The van der Waals surface area contributed by atoms with Gasteiger partial charge in [0.1, 0.15) is 11.5 Å². The van der Waals surface area contributed by atoms with E-state index in [0.29, 0.717) is 17.1 Å². The van der Waals surface area contributed by atoms with E-state index in [9.17, 15) is 4.79 Å². The van der Waals surface area contributed by atoms with Gasteiger partial charge in [-0.15, -0.1) is 0 Å². The van der Waals surface area contributed by atoms with Crippen LogP contribution in [-0.2, 0) is 13.5 Å². The fourth-order valence-electron chi connectivity index (χ4n) is 4.13. The summed E-state index contributed by atoms with van der Waals surface area (Å²) in [5.41, 5.74) is 4.53. The van der Waals surface area contributed by atoms with E-state index in [-0.39, 0.29) is 11.9 Å². The van der Waals surface area contributed by atoms with Crippen LogP contribution in [0.5, 0.6) is 0 Å².